The smallest absolute Gasteiger partial charge is 0.310 e. The number of aldehydes is 1. The van der Waals surface area contributed by atoms with Crippen molar-refractivity contribution >= 4 is 28.2 Å². The summed E-state index contributed by atoms with van der Waals surface area (Å²) < 4.78 is 18.6. The number of carbonyl (C=O) groups excluding carboxylic acids is 2. The van der Waals surface area contributed by atoms with Crippen LogP contribution < -0.4 is 0 Å². The number of hydrogen-bond donors (Lipinski definition) is 0. The molecule has 5 heteroatoms. The van der Waals surface area contributed by atoms with E-state index in [4.69, 9.17) is 4.74 Å². The van der Waals surface area contributed by atoms with Crippen molar-refractivity contribution in [1.29, 1.82) is 0 Å². The molecule has 0 aliphatic rings. The fourth-order valence-corrected chi connectivity index (χ4v) is 1.68. The van der Waals surface area contributed by atoms with Crippen molar-refractivity contribution in [3.05, 3.63) is 33.5 Å². The molecule has 1 rings (SSSR count). The van der Waals surface area contributed by atoms with Crippen molar-refractivity contribution in [2.75, 3.05) is 6.61 Å². The number of hydrogen-bond acceptors (Lipinski definition) is 3. The maximum Gasteiger partial charge on any atom is 0.310 e. The van der Waals surface area contributed by atoms with Gasteiger partial charge < -0.3 is 4.74 Å². The van der Waals surface area contributed by atoms with Gasteiger partial charge in [-0.1, -0.05) is 15.9 Å². The van der Waals surface area contributed by atoms with E-state index in [0.717, 1.165) is 6.07 Å². The predicted octanol–water partition coefficient (Wildman–Crippen LogP) is 2.51. The number of rotatable bonds is 4. The summed E-state index contributed by atoms with van der Waals surface area (Å²) in [4.78, 5) is 21.7. The maximum atomic E-state index is 13.4. The Morgan fingerprint density at radius 1 is 1.56 bits per heavy atom. The van der Waals surface area contributed by atoms with Crippen LogP contribution in [0, 0.1) is 5.82 Å². The van der Waals surface area contributed by atoms with Gasteiger partial charge in [0.15, 0.2) is 6.29 Å². The van der Waals surface area contributed by atoms with E-state index in [1.165, 1.54) is 6.07 Å². The first-order chi connectivity index (χ1) is 7.58. The lowest BCUT2D eigenvalue weighted by molar-refractivity contribution is -0.142. The van der Waals surface area contributed by atoms with Crippen LogP contribution in [0.4, 0.5) is 4.39 Å². The second-order valence-corrected chi connectivity index (χ2v) is 3.92. The first kappa shape index (κ1) is 12.8. The Morgan fingerprint density at radius 3 is 2.81 bits per heavy atom. The van der Waals surface area contributed by atoms with Crippen molar-refractivity contribution in [2.45, 2.75) is 13.3 Å². The molecule has 0 spiro atoms. The van der Waals surface area contributed by atoms with Crippen molar-refractivity contribution in [2.24, 2.45) is 0 Å². The van der Waals surface area contributed by atoms with E-state index in [2.05, 4.69) is 15.9 Å². The summed E-state index contributed by atoms with van der Waals surface area (Å²) in [5.41, 5.74) is 0.418. The Morgan fingerprint density at radius 2 is 2.25 bits per heavy atom. The quantitative estimate of drug-likeness (QED) is 0.632. The summed E-state index contributed by atoms with van der Waals surface area (Å²) in [6, 6.07) is 2.50. The lowest BCUT2D eigenvalue weighted by Gasteiger charge is -2.05. The molecule has 0 aliphatic heterocycles. The van der Waals surface area contributed by atoms with Crippen LogP contribution in [0.5, 0.6) is 0 Å². The molecule has 0 bridgehead atoms. The number of esters is 1. The second-order valence-electron chi connectivity index (χ2n) is 3.06. The molecule has 1 aromatic rings. The minimum absolute atomic E-state index is 0.141. The molecular formula is C11H10BrFO3. The summed E-state index contributed by atoms with van der Waals surface area (Å²) in [6.07, 6.45) is 0.402. The van der Waals surface area contributed by atoms with Gasteiger partial charge in [-0.3, -0.25) is 9.59 Å². The SMILES string of the molecule is CCOC(=O)Cc1cc(Br)c(C=O)cc1F. The highest BCUT2D eigenvalue weighted by Gasteiger charge is 2.12. The van der Waals surface area contributed by atoms with Crippen LogP contribution in [0.2, 0.25) is 0 Å². The standard InChI is InChI=1S/C11H10BrFO3/c1-2-16-11(15)5-7-3-9(12)8(6-14)4-10(7)13/h3-4,6H,2,5H2,1H3. The second kappa shape index (κ2) is 5.75. The first-order valence-corrected chi connectivity index (χ1v) is 5.46. The Kier molecular flexibility index (Phi) is 4.61. The minimum atomic E-state index is -0.585. The molecule has 0 unspecified atom stereocenters. The number of benzene rings is 1. The third kappa shape index (κ3) is 3.13. The molecule has 0 aliphatic carbocycles. The first-order valence-electron chi connectivity index (χ1n) is 4.67. The molecule has 0 atom stereocenters. The molecule has 16 heavy (non-hydrogen) atoms. The van der Waals surface area contributed by atoms with Crippen LogP contribution in [0.1, 0.15) is 22.8 Å². The van der Waals surface area contributed by atoms with Gasteiger partial charge in [0.05, 0.1) is 13.0 Å². The number of halogens is 2. The van der Waals surface area contributed by atoms with Gasteiger partial charge in [-0.05, 0) is 19.1 Å². The summed E-state index contributed by atoms with van der Waals surface area (Å²) >= 11 is 3.12. The average molecular weight is 289 g/mol. The van der Waals surface area contributed by atoms with Crippen LogP contribution in [-0.2, 0) is 16.0 Å². The fraction of sp³-hybridized carbons (Fsp3) is 0.273. The monoisotopic (exact) mass is 288 g/mol. The largest absolute Gasteiger partial charge is 0.466 e. The Balaban J connectivity index is 2.93. The van der Waals surface area contributed by atoms with E-state index >= 15 is 0 Å². The molecule has 0 saturated heterocycles. The number of carbonyl (C=O) groups is 2. The highest BCUT2D eigenvalue weighted by Crippen LogP contribution is 2.20. The van der Waals surface area contributed by atoms with E-state index in [-0.39, 0.29) is 24.2 Å². The highest BCUT2D eigenvalue weighted by atomic mass is 79.9. The van der Waals surface area contributed by atoms with E-state index in [1.54, 1.807) is 6.92 Å². The molecule has 0 saturated carbocycles. The summed E-state index contributed by atoms with van der Waals surface area (Å²) in [6.45, 7) is 1.94. The maximum absolute atomic E-state index is 13.4. The third-order valence-corrected chi connectivity index (χ3v) is 2.62. The molecular weight excluding hydrogens is 279 g/mol. The molecule has 0 N–H and O–H groups in total. The van der Waals surface area contributed by atoms with Gasteiger partial charge in [0.1, 0.15) is 5.82 Å². The summed E-state index contributed by atoms with van der Waals surface area (Å²) in [5, 5.41) is 0. The lowest BCUT2D eigenvalue weighted by atomic mass is 10.1. The van der Waals surface area contributed by atoms with Gasteiger partial charge in [0, 0.05) is 15.6 Å². The zero-order chi connectivity index (χ0) is 12.1. The van der Waals surface area contributed by atoms with Crippen molar-refractivity contribution in [3.8, 4) is 0 Å². The van der Waals surface area contributed by atoms with E-state index in [0.29, 0.717) is 10.8 Å². The third-order valence-electron chi connectivity index (χ3n) is 1.93. The molecule has 0 aromatic heterocycles. The topological polar surface area (TPSA) is 43.4 Å². The highest BCUT2D eigenvalue weighted by molar-refractivity contribution is 9.10. The van der Waals surface area contributed by atoms with Crippen LogP contribution in [0.3, 0.4) is 0 Å². The van der Waals surface area contributed by atoms with Gasteiger partial charge in [0.2, 0.25) is 0 Å². The van der Waals surface area contributed by atoms with Gasteiger partial charge in [-0.25, -0.2) is 4.39 Å². The van der Waals surface area contributed by atoms with Gasteiger partial charge in [-0.2, -0.15) is 0 Å². The van der Waals surface area contributed by atoms with Crippen molar-refractivity contribution < 1.29 is 18.7 Å². The predicted molar refractivity (Wildman–Crippen MR) is 59.8 cm³/mol. The summed E-state index contributed by atoms with van der Waals surface area (Å²) in [5.74, 6) is -1.08. The molecule has 86 valence electrons. The average Bonchev–Trinajstić information content (AvgIpc) is 2.23. The molecule has 1 aromatic carbocycles. The normalized spacial score (nSPS) is 9.94. The molecule has 0 amide bonds. The molecule has 0 fully saturated rings. The van der Waals surface area contributed by atoms with Crippen LogP contribution >= 0.6 is 15.9 Å². The number of ether oxygens (including phenoxy) is 1. The fourth-order valence-electron chi connectivity index (χ4n) is 1.20. The van der Waals surface area contributed by atoms with E-state index in [1.807, 2.05) is 0 Å². The van der Waals surface area contributed by atoms with Crippen LogP contribution in [0.15, 0.2) is 16.6 Å². The Labute approximate surface area is 101 Å². The van der Waals surface area contributed by atoms with Gasteiger partial charge >= 0.3 is 5.97 Å². The lowest BCUT2D eigenvalue weighted by Crippen LogP contribution is -2.09. The molecule has 3 nitrogen and oxygen atoms in total. The summed E-state index contributed by atoms with van der Waals surface area (Å²) in [7, 11) is 0. The van der Waals surface area contributed by atoms with Crippen LogP contribution in [0.25, 0.3) is 0 Å². The van der Waals surface area contributed by atoms with E-state index in [9.17, 15) is 14.0 Å². The minimum Gasteiger partial charge on any atom is -0.466 e. The Hall–Kier alpha value is -1.23. The van der Waals surface area contributed by atoms with Crippen molar-refractivity contribution in [1.82, 2.24) is 0 Å². The zero-order valence-corrected chi connectivity index (χ0v) is 10.2. The molecule has 0 radical (unpaired) electrons. The van der Waals surface area contributed by atoms with Gasteiger partial charge in [-0.15, -0.1) is 0 Å². The van der Waals surface area contributed by atoms with Gasteiger partial charge in [0.25, 0.3) is 0 Å². The van der Waals surface area contributed by atoms with E-state index < -0.39 is 11.8 Å². The van der Waals surface area contributed by atoms with Crippen LogP contribution in [-0.4, -0.2) is 18.9 Å². The zero-order valence-electron chi connectivity index (χ0n) is 8.63. The van der Waals surface area contributed by atoms with Crippen molar-refractivity contribution in [3.63, 3.8) is 0 Å². The molecule has 0 heterocycles. The Bertz CT molecular complexity index is 418.